The van der Waals surface area contributed by atoms with Crippen molar-refractivity contribution in [2.24, 2.45) is 0 Å². The van der Waals surface area contributed by atoms with Gasteiger partial charge >= 0.3 is 0 Å². The lowest BCUT2D eigenvalue weighted by atomic mass is 10.1. The van der Waals surface area contributed by atoms with E-state index in [1.54, 1.807) is 6.08 Å². The van der Waals surface area contributed by atoms with Crippen LogP contribution in [0.4, 0.5) is 5.69 Å². The second-order valence-electron chi connectivity index (χ2n) is 5.04. The van der Waals surface area contributed by atoms with Gasteiger partial charge in [0.15, 0.2) is 0 Å². The number of carbonyl (C=O) groups is 1. The molecule has 0 saturated carbocycles. The van der Waals surface area contributed by atoms with E-state index in [0.717, 1.165) is 22.6 Å². The molecule has 0 aliphatic rings. The molecule has 0 radical (unpaired) electrons. The molecule has 0 aliphatic heterocycles. The van der Waals surface area contributed by atoms with Gasteiger partial charge in [-0.25, -0.2) is 0 Å². The summed E-state index contributed by atoms with van der Waals surface area (Å²) in [6.45, 7) is 7.91. The molecule has 2 rings (SSSR count). The molecule has 0 aliphatic carbocycles. The van der Waals surface area contributed by atoms with Crippen LogP contribution >= 0.6 is 0 Å². The first-order valence-corrected chi connectivity index (χ1v) is 6.59. The normalized spacial score (nSPS) is 11.0. The van der Waals surface area contributed by atoms with Crippen LogP contribution in [0.15, 0.2) is 34.8 Å². The van der Waals surface area contributed by atoms with Gasteiger partial charge < -0.3 is 9.73 Å². The molecule has 1 amide bonds. The minimum atomic E-state index is -0.158. The first-order valence-electron chi connectivity index (χ1n) is 6.59. The average molecular weight is 269 g/mol. The van der Waals surface area contributed by atoms with Crippen molar-refractivity contribution in [3.05, 3.63) is 58.6 Å². The Kier molecular flexibility index (Phi) is 4.08. The molecule has 3 heteroatoms. The fraction of sp³-hybridized carbons (Fsp3) is 0.235. The number of carbonyl (C=O) groups excluding carboxylic acids is 1. The molecule has 2 aromatic rings. The predicted molar refractivity (Wildman–Crippen MR) is 81.8 cm³/mol. The summed E-state index contributed by atoms with van der Waals surface area (Å²) < 4.78 is 5.38. The summed E-state index contributed by atoms with van der Waals surface area (Å²) in [6, 6.07) is 7.82. The number of nitrogens with one attached hydrogen (secondary N) is 1. The third kappa shape index (κ3) is 3.38. The van der Waals surface area contributed by atoms with E-state index < -0.39 is 0 Å². The number of furan rings is 1. The zero-order valence-electron chi connectivity index (χ0n) is 12.3. The monoisotopic (exact) mass is 269 g/mol. The van der Waals surface area contributed by atoms with E-state index >= 15 is 0 Å². The molecule has 0 atom stereocenters. The van der Waals surface area contributed by atoms with Gasteiger partial charge in [-0.05, 0) is 57.0 Å². The number of amides is 1. The van der Waals surface area contributed by atoms with Crippen LogP contribution in [0.3, 0.4) is 0 Å². The quantitative estimate of drug-likeness (QED) is 0.850. The summed E-state index contributed by atoms with van der Waals surface area (Å²) in [7, 11) is 0. The number of anilines is 1. The molecular weight excluding hydrogens is 250 g/mol. The van der Waals surface area contributed by atoms with Crippen molar-refractivity contribution in [3.63, 3.8) is 0 Å². The van der Waals surface area contributed by atoms with Crippen LogP contribution < -0.4 is 5.32 Å². The zero-order valence-corrected chi connectivity index (χ0v) is 12.3. The van der Waals surface area contributed by atoms with Gasteiger partial charge in [0.05, 0.1) is 0 Å². The van der Waals surface area contributed by atoms with Crippen LogP contribution in [0.1, 0.15) is 28.2 Å². The maximum Gasteiger partial charge on any atom is 0.248 e. The Hall–Kier alpha value is -2.29. The standard InChI is InChI=1S/C17H19NO2/c1-11-9-12(2)17(13(3)10-11)18-16(19)8-7-15-6-5-14(4)20-15/h5-10H,1-4H3,(H,18,19)/b8-7+. The summed E-state index contributed by atoms with van der Waals surface area (Å²) in [5, 5.41) is 2.92. The van der Waals surface area contributed by atoms with Crippen LogP contribution in [-0.2, 0) is 4.79 Å². The predicted octanol–water partition coefficient (Wildman–Crippen LogP) is 4.17. The molecule has 3 nitrogen and oxygen atoms in total. The van der Waals surface area contributed by atoms with Gasteiger partial charge in [-0.3, -0.25) is 4.79 Å². The van der Waals surface area contributed by atoms with E-state index in [1.807, 2.05) is 39.8 Å². The Morgan fingerprint density at radius 2 is 1.75 bits per heavy atom. The zero-order chi connectivity index (χ0) is 14.7. The lowest BCUT2D eigenvalue weighted by Gasteiger charge is -2.11. The molecule has 0 bridgehead atoms. The molecule has 20 heavy (non-hydrogen) atoms. The summed E-state index contributed by atoms with van der Waals surface area (Å²) in [4.78, 5) is 11.9. The van der Waals surface area contributed by atoms with Crippen LogP contribution in [0.25, 0.3) is 6.08 Å². The number of hydrogen-bond acceptors (Lipinski definition) is 2. The van der Waals surface area contributed by atoms with Gasteiger partial charge in [-0.1, -0.05) is 17.7 Å². The molecule has 0 fully saturated rings. The molecule has 1 heterocycles. The lowest BCUT2D eigenvalue weighted by Crippen LogP contribution is -2.10. The smallest absolute Gasteiger partial charge is 0.248 e. The third-order valence-corrected chi connectivity index (χ3v) is 3.09. The van der Waals surface area contributed by atoms with Gasteiger partial charge in [0, 0.05) is 11.8 Å². The largest absolute Gasteiger partial charge is 0.462 e. The summed E-state index contributed by atoms with van der Waals surface area (Å²) in [6.07, 6.45) is 3.15. The first kappa shape index (κ1) is 14.1. The first-order chi connectivity index (χ1) is 9.45. The maximum atomic E-state index is 11.9. The highest BCUT2D eigenvalue weighted by atomic mass is 16.3. The summed E-state index contributed by atoms with van der Waals surface area (Å²) >= 11 is 0. The third-order valence-electron chi connectivity index (χ3n) is 3.09. The van der Waals surface area contributed by atoms with Gasteiger partial charge in [0.25, 0.3) is 0 Å². The minimum Gasteiger partial charge on any atom is -0.462 e. The fourth-order valence-electron chi connectivity index (χ4n) is 2.24. The average Bonchev–Trinajstić information content (AvgIpc) is 2.77. The molecule has 1 aromatic carbocycles. The molecular formula is C17H19NO2. The van der Waals surface area contributed by atoms with Gasteiger partial charge in [0.1, 0.15) is 11.5 Å². The molecule has 0 spiro atoms. The van der Waals surface area contributed by atoms with E-state index in [2.05, 4.69) is 17.4 Å². The summed E-state index contributed by atoms with van der Waals surface area (Å²) in [5.41, 5.74) is 4.21. The van der Waals surface area contributed by atoms with Crippen LogP contribution in [0, 0.1) is 27.7 Å². The van der Waals surface area contributed by atoms with Crippen LogP contribution in [0.5, 0.6) is 0 Å². The van der Waals surface area contributed by atoms with Crippen molar-refractivity contribution in [1.82, 2.24) is 0 Å². The molecule has 1 N–H and O–H groups in total. The molecule has 104 valence electrons. The number of benzene rings is 1. The Morgan fingerprint density at radius 1 is 1.10 bits per heavy atom. The van der Waals surface area contributed by atoms with Crippen molar-refractivity contribution in [1.29, 1.82) is 0 Å². The van der Waals surface area contributed by atoms with Gasteiger partial charge in [-0.15, -0.1) is 0 Å². The van der Waals surface area contributed by atoms with Gasteiger partial charge in [-0.2, -0.15) is 0 Å². The van der Waals surface area contributed by atoms with Crippen LogP contribution in [0.2, 0.25) is 0 Å². The highest BCUT2D eigenvalue weighted by Crippen LogP contribution is 2.21. The topological polar surface area (TPSA) is 42.2 Å². The molecule has 1 aromatic heterocycles. The minimum absolute atomic E-state index is 0.158. The van der Waals surface area contributed by atoms with E-state index in [4.69, 9.17) is 4.42 Å². The Labute approximate surface area is 119 Å². The van der Waals surface area contributed by atoms with E-state index in [0.29, 0.717) is 5.76 Å². The fourth-order valence-corrected chi connectivity index (χ4v) is 2.24. The number of hydrogen-bond donors (Lipinski definition) is 1. The van der Waals surface area contributed by atoms with E-state index in [9.17, 15) is 4.79 Å². The summed E-state index contributed by atoms with van der Waals surface area (Å²) in [5.74, 6) is 1.35. The van der Waals surface area contributed by atoms with Crippen molar-refractivity contribution < 1.29 is 9.21 Å². The van der Waals surface area contributed by atoms with Crippen molar-refractivity contribution in [2.75, 3.05) is 5.32 Å². The molecule has 0 saturated heterocycles. The van der Waals surface area contributed by atoms with E-state index in [1.165, 1.54) is 11.6 Å². The van der Waals surface area contributed by atoms with E-state index in [-0.39, 0.29) is 5.91 Å². The lowest BCUT2D eigenvalue weighted by molar-refractivity contribution is -0.111. The van der Waals surface area contributed by atoms with Crippen molar-refractivity contribution >= 4 is 17.7 Å². The molecule has 0 unspecified atom stereocenters. The second kappa shape index (κ2) is 5.78. The highest BCUT2D eigenvalue weighted by molar-refractivity contribution is 6.02. The van der Waals surface area contributed by atoms with Crippen molar-refractivity contribution in [2.45, 2.75) is 27.7 Å². The number of aryl methyl sites for hydroxylation is 4. The SMILES string of the molecule is Cc1cc(C)c(NC(=O)/C=C/c2ccc(C)o2)c(C)c1. The second-order valence-corrected chi connectivity index (χ2v) is 5.04. The maximum absolute atomic E-state index is 11.9. The Morgan fingerprint density at radius 3 is 2.30 bits per heavy atom. The Bertz CT molecular complexity index is 642. The highest BCUT2D eigenvalue weighted by Gasteiger charge is 2.06. The Balaban J connectivity index is 2.10. The van der Waals surface area contributed by atoms with Crippen LogP contribution in [-0.4, -0.2) is 5.91 Å². The number of rotatable bonds is 3. The van der Waals surface area contributed by atoms with Gasteiger partial charge in [0.2, 0.25) is 5.91 Å². The van der Waals surface area contributed by atoms with Crippen molar-refractivity contribution in [3.8, 4) is 0 Å².